The predicted molar refractivity (Wildman–Crippen MR) is 111 cm³/mol. The Morgan fingerprint density at radius 2 is 1.83 bits per heavy atom. The Balaban J connectivity index is 2.26. The molecule has 0 aliphatic rings. The number of aromatic amines is 1. The van der Waals surface area contributed by atoms with E-state index in [9.17, 15) is 19.5 Å². The lowest BCUT2D eigenvalue weighted by Gasteiger charge is -2.25. The minimum atomic E-state index is -1.27. The molecule has 9 heteroatoms. The number of rotatable bonds is 7. The number of aromatic nitrogens is 1. The molecule has 0 fully saturated rings. The van der Waals surface area contributed by atoms with E-state index in [0.717, 1.165) is 23.6 Å². The van der Waals surface area contributed by atoms with Crippen LogP contribution in [0.15, 0.2) is 30.5 Å². The molecule has 4 N–H and O–H groups in total. The lowest BCUT2D eigenvalue weighted by Crippen LogP contribution is -2.56. The van der Waals surface area contributed by atoms with Gasteiger partial charge in [-0.05, 0) is 39.3 Å². The lowest BCUT2D eigenvalue weighted by molar-refractivity contribution is -0.148. The highest BCUT2D eigenvalue weighted by atomic mass is 16.6. The Kier molecular flexibility index (Phi) is 7.44. The highest BCUT2D eigenvalue weighted by Gasteiger charge is 2.31. The summed E-state index contributed by atoms with van der Waals surface area (Å²) in [7, 11) is 1.16. The summed E-state index contributed by atoms with van der Waals surface area (Å²) in [5, 5.41) is 15.8. The van der Waals surface area contributed by atoms with Crippen LogP contribution in [-0.2, 0) is 25.5 Å². The van der Waals surface area contributed by atoms with Gasteiger partial charge in [-0.15, -0.1) is 0 Å². The van der Waals surface area contributed by atoms with Crippen molar-refractivity contribution >= 4 is 28.9 Å². The largest absolute Gasteiger partial charge is 0.467 e. The van der Waals surface area contributed by atoms with E-state index in [1.165, 1.54) is 6.92 Å². The minimum absolute atomic E-state index is 0.142. The SMILES string of the molecule is COC(=O)[C@@H](NC(=O)[C@H](Cc1c[nH]c2ccccc12)NC(=O)OC(C)(C)C)[C@@H](C)O. The molecule has 1 aromatic heterocycles. The fourth-order valence-corrected chi connectivity index (χ4v) is 2.94. The van der Waals surface area contributed by atoms with Gasteiger partial charge in [-0.2, -0.15) is 0 Å². The standard InChI is InChI=1S/C21H29N3O6/c1-12(25)17(19(27)29-5)24-18(26)16(23-20(28)30-21(2,3)4)10-13-11-22-15-9-7-6-8-14(13)15/h6-9,11-12,16-17,22,25H,10H2,1-5H3,(H,23,28)(H,24,26)/t12-,16+,17+/m1/s1. The zero-order valence-corrected chi connectivity index (χ0v) is 17.8. The number of nitrogens with one attached hydrogen (secondary N) is 3. The Morgan fingerprint density at radius 3 is 2.43 bits per heavy atom. The van der Waals surface area contributed by atoms with Crippen molar-refractivity contribution in [3.63, 3.8) is 0 Å². The van der Waals surface area contributed by atoms with Crippen molar-refractivity contribution in [1.82, 2.24) is 15.6 Å². The first-order valence-electron chi connectivity index (χ1n) is 9.62. The van der Waals surface area contributed by atoms with Gasteiger partial charge in [0.1, 0.15) is 11.6 Å². The maximum atomic E-state index is 12.9. The van der Waals surface area contributed by atoms with Crippen molar-refractivity contribution in [1.29, 1.82) is 0 Å². The summed E-state index contributed by atoms with van der Waals surface area (Å²) in [6, 6.07) is 5.23. The van der Waals surface area contributed by atoms with E-state index < -0.39 is 41.8 Å². The highest BCUT2D eigenvalue weighted by molar-refractivity contribution is 5.91. The van der Waals surface area contributed by atoms with E-state index >= 15 is 0 Å². The Morgan fingerprint density at radius 1 is 1.17 bits per heavy atom. The molecule has 30 heavy (non-hydrogen) atoms. The summed E-state index contributed by atoms with van der Waals surface area (Å²) in [4.78, 5) is 40.3. The van der Waals surface area contributed by atoms with Crippen LogP contribution in [0.2, 0.25) is 0 Å². The van der Waals surface area contributed by atoms with Crippen molar-refractivity contribution in [2.75, 3.05) is 7.11 Å². The molecule has 1 aromatic carbocycles. The first-order valence-corrected chi connectivity index (χ1v) is 9.62. The molecule has 2 rings (SSSR count). The topological polar surface area (TPSA) is 130 Å². The lowest BCUT2D eigenvalue weighted by atomic mass is 10.0. The second-order valence-corrected chi connectivity index (χ2v) is 8.01. The molecule has 2 aromatic rings. The molecule has 0 aliphatic heterocycles. The first-order chi connectivity index (χ1) is 14.0. The van der Waals surface area contributed by atoms with Crippen molar-refractivity contribution in [2.24, 2.45) is 0 Å². The molecule has 0 bridgehead atoms. The molecule has 164 valence electrons. The monoisotopic (exact) mass is 419 g/mol. The molecule has 3 atom stereocenters. The number of H-pyrrole nitrogens is 1. The summed E-state index contributed by atoms with van der Waals surface area (Å²) in [5.74, 6) is -1.44. The molecular formula is C21H29N3O6. The van der Waals surface area contributed by atoms with Crippen LogP contribution < -0.4 is 10.6 Å². The Labute approximate surface area is 175 Å². The normalized spacial score (nSPS) is 14.5. The van der Waals surface area contributed by atoms with Crippen LogP contribution in [0.1, 0.15) is 33.3 Å². The second kappa shape index (κ2) is 9.62. The van der Waals surface area contributed by atoms with Gasteiger partial charge in [0, 0.05) is 23.5 Å². The summed E-state index contributed by atoms with van der Waals surface area (Å²) in [6.45, 7) is 6.49. The number of hydrogen-bond donors (Lipinski definition) is 4. The van der Waals surface area contributed by atoms with Crippen LogP contribution in [0, 0.1) is 0 Å². The van der Waals surface area contributed by atoms with E-state index in [1.54, 1.807) is 27.0 Å². The first kappa shape index (κ1) is 23.2. The number of fused-ring (bicyclic) bond motifs is 1. The Bertz CT molecular complexity index is 900. The number of carbonyl (C=O) groups excluding carboxylic acids is 3. The van der Waals surface area contributed by atoms with E-state index in [-0.39, 0.29) is 6.42 Å². The van der Waals surface area contributed by atoms with E-state index in [4.69, 9.17) is 4.74 Å². The van der Waals surface area contributed by atoms with Gasteiger partial charge in [-0.1, -0.05) is 18.2 Å². The molecular weight excluding hydrogens is 390 g/mol. The van der Waals surface area contributed by atoms with Crippen molar-refractivity contribution in [3.8, 4) is 0 Å². The van der Waals surface area contributed by atoms with E-state index in [2.05, 4.69) is 20.4 Å². The van der Waals surface area contributed by atoms with Crippen molar-refractivity contribution < 1.29 is 29.0 Å². The van der Waals surface area contributed by atoms with Gasteiger partial charge < -0.3 is 30.2 Å². The summed E-state index contributed by atoms with van der Waals surface area (Å²) >= 11 is 0. The van der Waals surface area contributed by atoms with Gasteiger partial charge in [-0.25, -0.2) is 9.59 Å². The number of aliphatic hydroxyl groups excluding tert-OH is 1. The molecule has 1 heterocycles. The number of alkyl carbamates (subject to hydrolysis) is 1. The van der Waals surface area contributed by atoms with Gasteiger partial charge >= 0.3 is 12.1 Å². The number of aliphatic hydroxyl groups is 1. The molecule has 0 radical (unpaired) electrons. The molecule has 9 nitrogen and oxygen atoms in total. The number of esters is 1. The van der Waals surface area contributed by atoms with Crippen LogP contribution >= 0.6 is 0 Å². The molecule has 0 saturated heterocycles. The summed E-state index contributed by atoms with van der Waals surface area (Å²) in [6.07, 6.45) is -0.0532. The molecule has 0 spiro atoms. The third-order valence-corrected chi connectivity index (χ3v) is 4.34. The molecule has 0 aliphatic carbocycles. The van der Waals surface area contributed by atoms with E-state index in [0.29, 0.717) is 0 Å². The number of amides is 2. The van der Waals surface area contributed by atoms with Crippen LogP contribution in [0.4, 0.5) is 4.79 Å². The zero-order chi connectivity index (χ0) is 22.5. The zero-order valence-electron chi connectivity index (χ0n) is 17.8. The predicted octanol–water partition coefficient (Wildman–Crippen LogP) is 1.64. The van der Waals surface area contributed by atoms with Crippen LogP contribution in [-0.4, -0.2) is 59.0 Å². The van der Waals surface area contributed by atoms with Crippen LogP contribution in [0.25, 0.3) is 10.9 Å². The molecule has 0 unspecified atom stereocenters. The van der Waals surface area contributed by atoms with Crippen LogP contribution in [0.5, 0.6) is 0 Å². The number of carbonyl (C=O) groups is 3. The smallest absolute Gasteiger partial charge is 0.408 e. The maximum absolute atomic E-state index is 12.9. The number of methoxy groups -OCH3 is 1. The number of benzene rings is 1. The van der Waals surface area contributed by atoms with Gasteiger partial charge in [0.2, 0.25) is 5.91 Å². The Hall–Kier alpha value is -3.07. The van der Waals surface area contributed by atoms with Gasteiger partial charge in [0.05, 0.1) is 13.2 Å². The quantitative estimate of drug-likeness (QED) is 0.505. The van der Waals surface area contributed by atoms with Gasteiger partial charge in [0.25, 0.3) is 0 Å². The molecule has 2 amide bonds. The third kappa shape index (κ3) is 6.21. The van der Waals surface area contributed by atoms with Crippen LogP contribution in [0.3, 0.4) is 0 Å². The highest BCUT2D eigenvalue weighted by Crippen LogP contribution is 2.19. The van der Waals surface area contributed by atoms with E-state index in [1.807, 2.05) is 24.3 Å². The second-order valence-electron chi connectivity index (χ2n) is 8.01. The van der Waals surface area contributed by atoms with Crippen molar-refractivity contribution in [2.45, 2.75) is 57.9 Å². The fourth-order valence-electron chi connectivity index (χ4n) is 2.94. The summed E-state index contributed by atoms with van der Waals surface area (Å²) in [5.41, 5.74) is 0.939. The minimum Gasteiger partial charge on any atom is -0.467 e. The summed E-state index contributed by atoms with van der Waals surface area (Å²) < 4.78 is 9.90. The molecule has 0 saturated carbocycles. The number of para-hydroxylation sites is 1. The maximum Gasteiger partial charge on any atom is 0.408 e. The third-order valence-electron chi connectivity index (χ3n) is 4.34. The average molecular weight is 419 g/mol. The number of ether oxygens (including phenoxy) is 2. The number of hydrogen-bond acceptors (Lipinski definition) is 6. The average Bonchev–Trinajstić information content (AvgIpc) is 3.06. The fraction of sp³-hybridized carbons (Fsp3) is 0.476. The van der Waals surface area contributed by atoms with Gasteiger partial charge in [0.15, 0.2) is 6.04 Å². The van der Waals surface area contributed by atoms with Crippen molar-refractivity contribution in [3.05, 3.63) is 36.0 Å². The van der Waals surface area contributed by atoms with Gasteiger partial charge in [-0.3, -0.25) is 4.79 Å².